The van der Waals surface area contributed by atoms with Gasteiger partial charge < -0.3 is 5.32 Å². The number of nitrogens with one attached hydrogen (secondary N) is 1. The molecule has 0 bridgehead atoms. The predicted octanol–water partition coefficient (Wildman–Crippen LogP) is 0.459. The van der Waals surface area contributed by atoms with Crippen molar-refractivity contribution < 1.29 is 13.2 Å². The van der Waals surface area contributed by atoms with Crippen molar-refractivity contribution in [2.45, 2.75) is 63.6 Å². The minimum absolute atomic E-state index is 0.0488. The Morgan fingerprint density at radius 1 is 1.05 bits per heavy atom. The van der Waals surface area contributed by atoms with Crippen LogP contribution in [-0.2, 0) is 15.0 Å². The average Bonchev–Trinajstić information content (AvgIpc) is 2.92. The topological polar surface area (TPSA) is 69.7 Å². The second-order valence-corrected chi connectivity index (χ2v) is 8.00. The standard InChI is InChI=1S/C13H23N3O3S/c1-10-4-2-8-15(10)20(18,19)16-9-3-5-12(16)13(17)14-11-6-7-11/h10-12H,2-9H2,1H3,(H,14,17). The Kier molecular flexibility index (Phi) is 3.77. The quantitative estimate of drug-likeness (QED) is 0.820. The van der Waals surface area contributed by atoms with Gasteiger partial charge in [0, 0.05) is 25.2 Å². The van der Waals surface area contributed by atoms with Gasteiger partial charge in [0.1, 0.15) is 6.04 Å². The number of nitrogens with zero attached hydrogens (tertiary/aromatic N) is 2. The van der Waals surface area contributed by atoms with E-state index in [2.05, 4.69) is 5.32 Å². The summed E-state index contributed by atoms with van der Waals surface area (Å²) in [5.41, 5.74) is 0. The second-order valence-electron chi connectivity index (χ2n) is 6.16. The predicted molar refractivity (Wildman–Crippen MR) is 75.2 cm³/mol. The van der Waals surface area contributed by atoms with E-state index in [-0.39, 0.29) is 18.0 Å². The van der Waals surface area contributed by atoms with Gasteiger partial charge in [-0.15, -0.1) is 0 Å². The highest BCUT2D eigenvalue weighted by atomic mass is 32.2. The summed E-state index contributed by atoms with van der Waals surface area (Å²) < 4.78 is 28.5. The molecule has 0 radical (unpaired) electrons. The lowest BCUT2D eigenvalue weighted by Crippen LogP contribution is -2.52. The van der Waals surface area contributed by atoms with Gasteiger partial charge >= 0.3 is 0 Å². The van der Waals surface area contributed by atoms with E-state index in [0.717, 1.165) is 32.1 Å². The van der Waals surface area contributed by atoms with Crippen LogP contribution < -0.4 is 5.32 Å². The molecule has 1 saturated carbocycles. The third-order valence-electron chi connectivity index (χ3n) is 4.51. The van der Waals surface area contributed by atoms with Crippen molar-refractivity contribution in [3.05, 3.63) is 0 Å². The Balaban J connectivity index is 1.74. The highest BCUT2D eigenvalue weighted by Gasteiger charge is 2.44. The number of rotatable bonds is 4. The van der Waals surface area contributed by atoms with Crippen LogP contribution in [0.25, 0.3) is 0 Å². The summed E-state index contributed by atoms with van der Waals surface area (Å²) in [4.78, 5) is 12.2. The lowest BCUT2D eigenvalue weighted by Gasteiger charge is -2.30. The molecule has 3 fully saturated rings. The second kappa shape index (κ2) is 5.27. The summed E-state index contributed by atoms with van der Waals surface area (Å²) in [5, 5.41) is 2.94. The van der Waals surface area contributed by atoms with Crippen LogP contribution in [0, 0.1) is 0 Å². The van der Waals surface area contributed by atoms with Crippen LogP contribution in [0.5, 0.6) is 0 Å². The Bertz CT molecular complexity index is 489. The number of amides is 1. The molecule has 114 valence electrons. The summed E-state index contributed by atoms with van der Waals surface area (Å²) in [5.74, 6) is -0.111. The summed E-state index contributed by atoms with van der Waals surface area (Å²) in [6.45, 7) is 2.99. The first-order valence-electron chi connectivity index (χ1n) is 7.59. The van der Waals surface area contributed by atoms with Crippen molar-refractivity contribution in [2.75, 3.05) is 13.1 Å². The molecule has 0 spiro atoms. The monoisotopic (exact) mass is 301 g/mol. The minimum atomic E-state index is -3.49. The fourth-order valence-corrected chi connectivity index (χ4v) is 5.26. The molecule has 3 rings (SSSR count). The molecule has 2 heterocycles. The Morgan fingerprint density at radius 3 is 2.30 bits per heavy atom. The smallest absolute Gasteiger partial charge is 0.282 e. The molecular weight excluding hydrogens is 278 g/mol. The maximum absolute atomic E-state index is 12.7. The third-order valence-corrected chi connectivity index (χ3v) is 6.68. The normalized spacial score (nSPS) is 32.6. The summed E-state index contributed by atoms with van der Waals surface area (Å²) in [7, 11) is -3.49. The summed E-state index contributed by atoms with van der Waals surface area (Å²) in [6.07, 6.45) is 5.27. The zero-order valence-electron chi connectivity index (χ0n) is 11.9. The van der Waals surface area contributed by atoms with E-state index in [1.807, 2.05) is 6.92 Å². The molecular formula is C13H23N3O3S. The van der Waals surface area contributed by atoms with Gasteiger partial charge in [-0.1, -0.05) is 0 Å². The first-order valence-corrected chi connectivity index (χ1v) is 8.99. The highest BCUT2D eigenvalue weighted by Crippen LogP contribution is 2.29. The van der Waals surface area contributed by atoms with Gasteiger partial charge in [0.15, 0.2) is 0 Å². The van der Waals surface area contributed by atoms with Crippen LogP contribution >= 0.6 is 0 Å². The lowest BCUT2D eigenvalue weighted by molar-refractivity contribution is -0.124. The van der Waals surface area contributed by atoms with E-state index in [9.17, 15) is 13.2 Å². The van der Waals surface area contributed by atoms with Gasteiger partial charge in [0.25, 0.3) is 10.2 Å². The first-order chi connectivity index (χ1) is 9.50. The van der Waals surface area contributed by atoms with Crippen LogP contribution in [0.3, 0.4) is 0 Å². The van der Waals surface area contributed by atoms with Crippen LogP contribution in [0.4, 0.5) is 0 Å². The average molecular weight is 301 g/mol. The number of hydrogen-bond donors (Lipinski definition) is 1. The van der Waals surface area contributed by atoms with Crippen LogP contribution in [0.1, 0.15) is 45.4 Å². The van der Waals surface area contributed by atoms with Crippen LogP contribution in [0.15, 0.2) is 0 Å². The van der Waals surface area contributed by atoms with E-state index in [4.69, 9.17) is 0 Å². The van der Waals surface area contributed by atoms with Crippen molar-refractivity contribution in [1.82, 2.24) is 13.9 Å². The van der Waals surface area contributed by atoms with E-state index < -0.39 is 16.3 Å². The van der Waals surface area contributed by atoms with Gasteiger partial charge in [-0.2, -0.15) is 17.0 Å². The zero-order valence-corrected chi connectivity index (χ0v) is 12.7. The summed E-state index contributed by atoms with van der Waals surface area (Å²) >= 11 is 0. The van der Waals surface area contributed by atoms with E-state index in [0.29, 0.717) is 19.5 Å². The zero-order chi connectivity index (χ0) is 14.3. The largest absolute Gasteiger partial charge is 0.352 e. The molecule has 1 N–H and O–H groups in total. The Morgan fingerprint density at radius 2 is 1.70 bits per heavy atom. The molecule has 0 aromatic heterocycles. The maximum atomic E-state index is 12.7. The maximum Gasteiger partial charge on any atom is 0.282 e. The Hall–Kier alpha value is -0.660. The molecule has 3 aliphatic rings. The molecule has 2 unspecified atom stereocenters. The molecule has 0 aromatic rings. The SMILES string of the molecule is CC1CCCN1S(=O)(=O)N1CCCC1C(=O)NC1CC1. The van der Waals surface area contributed by atoms with E-state index >= 15 is 0 Å². The molecule has 2 aliphatic heterocycles. The fraction of sp³-hybridized carbons (Fsp3) is 0.923. The third kappa shape index (κ3) is 2.58. The van der Waals surface area contributed by atoms with Gasteiger partial charge in [0.2, 0.25) is 5.91 Å². The van der Waals surface area contributed by atoms with Crippen LogP contribution in [-0.4, -0.2) is 54.2 Å². The number of hydrogen-bond acceptors (Lipinski definition) is 3. The van der Waals surface area contributed by atoms with Gasteiger partial charge in [-0.05, 0) is 45.4 Å². The summed E-state index contributed by atoms with van der Waals surface area (Å²) in [6, 6.07) is -0.181. The molecule has 2 atom stereocenters. The van der Waals surface area contributed by atoms with E-state index in [1.165, 1.54) is 4.31 Å². The molecule has 20 heavy (non-hydrogen) atoms. The van der Waals surface area contributed by atoms with Crippen LogP contribution in [0.2, 0.25) is 0 Å². The first kappa shape index (κ1) is 14.3. The minimum Gasteiger partial charge on any atom is -0.352 e. The number of carbonyl (C=O) groups excluding carboxylic acids is 1. The van der Waals surface area contributed by atoms with E-state index in [1.54, 1.807) is 4.31 Å². The lowest BCUT2D eigenvalue weighted by atomic mass is 10.2. The Labute approximate surface area is 120 Å². The van der Waals surface area contributed by atoms with Crippen molar-refractivity contribution in [3.63, 3.8) is 0 Å². The molecule has 1 aliphatic carbocycles. The molecule has 2 saturated heterocycles. The van der Waals surface area contributed by atoms with Crippen molar-refractivity contribution in [2.24, 2.45) is 0 Å². The van der Waals surface area contributed by atoms with Crippen molar-refractivity contribution >= 4 is 16.1 Å². The van der Waals surface area contributed by atoms with Crippen molar-refractivity contribution in [3.8, 4) is 0 Å². The van der Waals surface area contributed by atoms with Gasteiger partial charge in [-0.3, -0.25) is 4.79 Å². The number of carbonyl (C=O) groups is 1. The molecule has 7 heteroatoms. The molecule has 1 amide bonds. The molecule has 0 aromatic carbocycles. The molecule has 6 nitrogen and oxygen atoms in total. The van der Waals surface area contributed by atoms with Gasteiger partial charge in [0.05, 0.1) is 0 Å². The van der Waals surface area contributed by atoms with Gasteiger partial charge in [-0.25, -0.2) is 0 Å². The van der Waals surface area contributed by atoms with Crippen molar-refractivity contribution in [1.29, 1.82) is 0 Å². The highest BCUT2D eigenvalue weighted by molar-refractivity contribution is 7.86. The fourth-order valence-electron chi connectivity index (χ4n) is 3.19.